The first-order valence-electron chi connectivity index (χ1n) is 7.77. The Bertz CT molecular complexity index is 1110. The molecule has 10 heteroatoms. The van der Waals surface area contributed by atoms with Gasteiger partial charge >= 0.3 is 0 Å². The quantitative estimate of drug-likeness (QED) is 0.688. The van der Waals surface area contributed by atoms with Crippen LogP contribution in [0.1, 0.15) is 17.7 Å². The van der Waals surface area contributed by atoms with Gasteiger partial charge in [0.2, 0.25) is 10.0 Å². The molecule has 0 unspecified atom stereocenters. The Balaban J connectivity index is 1.83. The van der Waals surface area contributed by atoms with Crippen molar-refractivity contribution in [1.29, 1.82) is 0 Å². The molecule has 1 aromatic heterocycles. The van der Waals surface area contributed by atoms with Crippen molar-refractivity contribution < 1.29 is 27.0 Å². The Morgan fingerprint density at radius 2 is 1.85 bits per heavy atom. The summed E-state index contributed by atoms with van der Waals surface area (Å²) in [5.41, 5.74) is 1.86. The molecule has 0 bridgehead atoms. The molecule has 1 aliphatic heterocycles. The second kappa shape index (κ2) is 6.41. The number of rotatable bonds is 4. The molecule has 0 aliphatic carbocycles. The maximum atomic E-state index is 13.2. The molecule has 4 rings (SSSR count). The number of halogens is 2. The first-order valence-corrected chi connectivity index (χ1v) is 9.32. The molecule has 1 aliphatic rings. The Morgan fingerprint density at radius 1 is 1.11 bits per heavy atom. The maximum absolute atomic E-state index is 13.2. The van der Waals surface area contributed by atoms with Crippen molar-refractivity contribution >= 4 is 10.0 Å². The highest BCUT2D eigenvalue weighted by molar-refractivity contribution is 7.89. The van der Waals surface area contributed by atoms with Crippen molar-refractivity contribution in [2.75, 3.05) is 0 Å². The summed E-state index contributed by atoms with van der Waals surface area (Å²) < 4.78 is 50.6. The lowest BCUT2D eigenvalue weighted by atomic mass is 10.1. The molecular formula is C17H13F2N3O4S. The topological polar surface area (TPSA) is 96.4 Å². The van der Waals surface area contributed by atoms with Crippen LogP contribution >= 0.6 is 0 Å². The fraction of sp³-hybridized carbons (Fsp3) is 0.118. The Kier molecular flexibility index (Phi) is 4.17. The molecule has 2 aromatic carbocycles. The van der Waals surface area contributed by atoms with Gasteiger partial charge in [0, 0.05) is 11.1 Å². The summed E-state index contributed by atoms with van der Waals surface area (Å²) in [6.45, 7) is 0.252. The van der Waals surface area contributed by atoms with Crippen molar-refractivity contribution in [3.8, 4) is 22.7 Å². The molecule has 0 spiro atoms. The zero-order valence-electron chi connectivity index (χ0n) is 13.7. The minimum Gasteiger partial charge on any atom is -0.337 e. The van der Waals surface area contributed by atoms with Gasteiger partial charge in [-0.15, -0.1) is 0 Å². The first-order chi connectivity index (χ1) is 12.8. The number of hydrogen-bond acceptors (Lipinski definition) is 5. The summed E-state index contributed by atoms with van der Waals surface area (Å²) in [5, 5.41) is 9.05. The zero-order chi connectivity index (χ0) is 19.2. The summed E-state index contributed by atoms with van der Waals surface area (Å²) in [6, 6.07) is 11.9. The second-order valence-electron chi connectivity index (χ2n) is 5.87. The van der Waals surface area contributed by atoms with Crippen LogP contribution in [0.5, 0.6) is 5.75 Å². The Morgan fingerprint density at radius 3 is 2.52 bits per heavy atom. The molecule has 7 nitrogen and oxygen atoms in total. The van der Waals surface area contributed by atoms with Gasteiger partial charge in [0.05, 0.1) is 16.3 Å². The predicted molar refractivity (Wildman–Crippen MR) is 90.7 cm³/mol. The number of alkyl halides is 2. The molecule has 27 heavy (non-hydrogen) atoms. The smallest absolute Gasteiger partial charge is 0.282 e. The fourth-order valence-electron chi connectivity index (χ4n) is 2.77. The fourth-order valence-corrected chi connectivity index (χ4v) is 3.29. The van der Waals surface area contributed by atoms with E-state index < -0.39 is 22.1 Å². The second-order valence-corrected chi connectivity index (χ2v) is 7.44. The minimum atomic E-state index is -3.86. The van der Waals surface area contributed by atoms with Crippen molar-refractivity contribution in [3.05, 3.63) is 59.8 Å². The standard InChI is InChI=1S/C17H13F2N3O4S/c18-17(19)14-8-15(10-1-6-16-11(7-10)9-25-26-16)22(21-14)12-2-4-13(5-3-12)27(20,23)24/h1-8,17H,9H2,(H2,20,23,24). The number of nitrogens with two attached hydrogens (primary N) is 1. The van der Waals surface area contributed by atoms with Gasteiger partial charge < -0.3 is 4.89 Å². The molecule has 0 saturated carbocycles. The number of primary sulfonamides is 1. The van der Waals surface area contributed by atoms with Crippen LogP contribution < -0.4 is 10.0 Å². The van der Waals surface area contributed by atoms with Crippen LogP contribution in [-0.2, 0) is 21.5 Å². The molecule has 2 heterocycles. The Labute approximate surface area is 152 Å². The summed E-state index contributed by atoms with van der Waals surface area (Å²) in [6.07, 6.45) is -2.75. The number of nitrogens with zero attached hydrogens (tertiary/aromatic N) is 2. The van der Waals surface area contributed by atoms with E-state index in [1.807, 2.05) is 0 Å². The van der Waals surface area contributed by atoms with E-state index in [9.17, 15) is 17.2 Å². The number of fused-ring (bicyclic) bond motifs is 1. The van der Waals surface area contributed by atoms with Crippen LogP contribution in [-0.4, -0.2) is 18.2 Å². The van der Waals surface area contributed by atoms with Gasteiger partial charge in [0.15, 0.2) is 5.75 Å². The third-order valence-corrected chi connectivity index (χ3v) is 5.01. The summed E-state index contributed by atoms with van der Waals surface area (Å²) in [7, 11) is -3.86. The third-order valence-electron chi connectivity index (χ3n) is 4.08. The lowest BCUT2D eigenvalue weighted by Gasteiger charge is -2.09. The minimum absolute atomic E-state index is 0.0825. The first kappa shape index (κ1) is 17.6. The highest BCUT2D eigenvalue weighted by Crippen LogP contribution is 2.33. The van der Waals surface area contributed by atoms with Crippen LogP contribution in [0, 0.1) is 0 Å². The molecule has 0 fully saturated rings. The van der Waals surface area contributed by atoms with Crippen molar-refractivity contribution in [3.63, 3.8) is 0 Å². The molecular weight excluding hydrogens is 380 g/mol. The van der Waals surface area contributed by atoms with E-state index in [4.69, 9.17) is 14.9 Å². The molecule has 0 saturated heterocycles. The van der Waals surface area contributed by atoms with Crippen molar-refractivity contribution in [2.24, 2.45) is 5.14 Å². The van der Waals surface area contributed by atoms with Gasteiger partial charge in [0.1, 0.15) is 12.3 Å². The largest absolute Gasteiger partial charge is 0.337 e. The van der Waals surface area contributed by atoms with Crippen molar-refractivity contribution in [2.45, 2.75) is 17.9 Å². The van der Waals surface area contributed by atoms with Crippen molar-refractivity contribution in [1.82, 2.24) is 9.78 Å². The maximum Gasteiger partial charge on any atom is 0.282 e. The predicted octanol–water partition coefficient (Wildman–Crippen LogP) is 2.95. The average molecular weight is 393 g/mol. The van der Waals surface area contributed by atoms with Crippen LogP contribution in [0.15, 0.2) is 53.4 Å². The van der Waals surface area contributed by atoms with Crippen LogP contribution in [0.25, 0.3) is 16.9 Å². The van der Waals surface area contributed by atoms with Crippen LogP contribution in [0.2, 0.25) is 0 Å². The van der Waals surface area contributed by atoms with E-state index in [0.29, 0.717) is 22.7 Å². The number of sulfonamides is 1. The molecule has 0 amide bonds. The van der Waals surface area contributed by atoms with Crippen LogP contribution in [0.4, 0.5) is 8.78 Å². The Hall–Kier alpha value is -2.82. The highest BCUT2D eigenvalue weighted by atomic mass is 32.2. The number of aromatic nitrogens is 2. The molecule has 140 valence electrons. The average Bonchev–Trinajstić information content (AvgIpc) is 3.27. The highest BCUT2D eigenvalue weighted by Gasteiger charge is 2.21. The van der Waals surface area contributed by atoms with E-state index in [1.54, 1.807) is 18.2 Å². The van der Waals surface area contributed by atoms with Gasteiger partial charge in [-0.25, -0.2) is 27.0 Å². The van der Waals surface area contributed by atoms with Gasteiger partial charge in [0.25, 0.3) is 6.43 Å². The van der Waals surface area contributed by atoms with Gasteiger partial charge in [-0.1, -0.05) is 0 Å². The van der Waals surface area contributed by atoms with Crippen LogP contribution in [0.3, 0.4) is 0 Å². The van der Waals surface area contributed by atoms with E-state index in [2.05, 4.69) is 5.10 Å². The lowest BCUT2D eigenvalue weighted by Crippen LogP contribution is -2.12. The molecule has 0 radical (unpaired) electrons. The molecule has 2 N–H and O–H groups in total. The van der Waals surface area contributed by atoms with Gasteiger partial charge in [-0.05, 0) is 48.5 Å². The summed E-state index contributed by atoms with van der Waals surface area (Å²) in [4.78, 5) is 9.80. The van der Waals surface area contributed by atoms with E-state index >= 15 is 0 Å². The monoisotopic (exact) mass is 393 g/mol. The normalized spacial score (nSPS) is 13.6. The SMILES string of the molecule is NS(=O)(=O)c1ccc(-n2nc(C(F)F)cc2-c2ccc3c(c2)COO3)cc1. The summed E-state index contributed by atoms with van der Waals surface area (Å²) >= 11 is 0. The summed E-state index contributed by atoms with van der Waals surface area (Å²) in [5.74, 6) is 0.566. The van der Waals surface area contributed by atoms with E-state index in [1.165, 1.54) is 35.0 Å². The zero-order valence-corrected chi connectivity index (χ0v) is 14.5. The number of benzene rings is 2. The number of hydrogen-bond donors (Lipinski definition) is 1. The molecule has 0 atom stereocenters. The van der Waals surface area contributed by atoms with E-state index in [-0.39, 0.29) is 11.5 Å². The third kappa shape index (κ3) is 3.29. The lowest BCUT2D eigenvalue weighted by molar-refractivity contribution is -0.194. The van der Waals surface area contributed by atoms with Gasteiger partial charge in [-0.3, -0.25) is 0 Å². The molecule has 3 aromatic rings. The van der Waals surface area contributed by atoms with E-state index in [0.717, 1.165) is 5.56 Å². The van der Waals surface area contributed by atoms with Gasteiger partial charge in [-0.2, -0.15) is 9.99 Å².